The van der Waals surface area contributed by atoms with Gasteiger partial charge < -0.3 is 5.73 Å². The Morgan fingerprint density at radius 3 is 2.37 bits per heavy atom. The maximum absolute atomic E-state index is 5.98. The van der Waals surface area contributed by atoms with Gasteiger partial charge in [0.2, 0.25) is 0 Å². The standard InChI is InChI=1S/C15H20N4/c1-11(2)19-15(16)7-14(17-19)10-18-8-12-5-3-4-6-13(12)9-18/h3-7,11H,8-10,16H2,1-2H3. The molecule has 0 saturated heterocycles. The van der Waals surface area contributed by atoms with Gasteiger partial charge in [0, 0.05) is 31.7 Å². The van der Waals surface area contributed by atoms with Crippen LogP contribution in [-0.2, 0) is 19.6 Å². The van der Waals surface area contributed by atoms with Gasteiger partial charge in [-0.25, -0.2) is 4.68 Å². The van der Waals surface area contributed by atoms with Gasteiger partial charge in [0.05, 0.1) is 5.69 Å². The molecule has 0 spiro atoms. The van der Waals surface area contributed by atoms with Crippen LogP contribution in [0.25, 0.3) is 0 Å². The highest BCUT2D eigenvalue weighted by atomic mass is 15.3. The van der Waals surface area contributed by atoms with E-state index in [1.807, 2.05) is 10.7 Å². The van der Waals surface area contributed by atoms with E-state index in [1.54, 1.807) is 0 Å². The lowest BCUT2D eigenvalue weighted by Crippen LogP contribution is -2.16. The van der Waals surface area contributed by atoms with Crippen molar-refractivity contribution in [2.75, 3.05) is 5.73 Å². The molecule has 0 atom stereocenters. The summed E-state index contributed by atoms with van der Waals surface area (Å²) < 4.78 is 1.89. The molecule has 0 bridgehead atoms. The van der Waals surface area contributed by atoms with Gasteiger partial charge in [-0.1, -0.05) is 24.3 Å². The summed E-state index contributed by atoms with van der Waals surface area (Å²) in [4.78, 5) is 2.40. The van der Waals surface area contributed by atoms with Crippen molar-refractivity contribution >= 4 is 5.82 Å². The molecule has 2 heterocycles. The first-order valence-electron chi connectivity index (χ1n) is 6.76. The summed E-state index contributed by atoms with van der Waals surface area (Å²) in [5.41, 5.74) is 9.90. The fourth-order valence-corrected chi connectivity index (χ4v) is 2.70. The van der Waals surface area contributed by atoms with E-state index in [1.165, 1.54) is 11.1 Å². The summed E-state index contributed by atoms with van der Waals surface area (Å²) in [6, 6.07) is 10.9. The number of nitrogen functional groups attached to an aromatic ring is 1. The SMILES string of the molecule is CC(C)n1nc(CN2Cc3ccccc3C2)cc1N. The maximum atomic E-state index is 5.98. The number of fused-ring (bicyclic) bond motifs is 1. The Labute approximate surface area is 113 Å². The number of hydrogen-bond donors (Lipinski definition) is 1. The lowest BCUT2D eigenvalue weighted by molar-refractivity contribution is 0.270. The Kier molecular flexibility index (Phi) is 3.03. The van der Waals surface area contributed by atoms with Crippen molar-refractivity contribution in [3.05, 3.63) is 47.2 Å². The second-order valence-electron chi connectivity index (χ2n) is 5.51. The fourth-order valence-electron chi connectivity index (χ4n) is 2.70. The quantitative estimate of drug-likeness (QED) is 0.918. The molecule has 1 aromatic carbocycles. The second kappa shape index (κ2) is 4.70. The van der Waals surface area contributed by atoms with Gasteiger partial charge in [0.15, 0.2) is 0 Å². The van der Waals surface area contributed by atoms with Crippen LogP contribution in [0.3, 0.4) is 0 Å². The third kappa shape index (κ3) is 2.36. The summed E-state index contributed by atoms with van der Waals surface area (Å²) in [6.07, 6.45) is 0. The molecule has 0 amide bonds. The second-order valence-corrected chi connectivity index (χ2v) is 5.51. The zero-order chi connectivity index (χ0) is 13.4. The topological polar surface area (TPSA) is 47.1 Å². The minimum absolute atomic E-state index is 0.310. The van der Waals surface area contributed by atoms with E-state index in [4.69, 9.17) is 5.73 Å². The normalized spacial score (nSPS) is 15.1. The van der Waals surface area contributed by atoms with Gasteiger partial charge in [-0.3, -0.25) is 4.90 Å². The van der Waals surface area contributed by atoms with Crippen LogP contribution in [0.5, 0.6) is 0 Å². The van der Waals surface area contributed by atoms with Crippen molar-refractivity contribution in [3.63, 3.8) is 0 Å². The van der Waals surface area contributed by atoms with Gasteiger partial charge in [-0.2, -0.15) is 5.10 Å². The van der Waals surface area contributed by atoms with Crippen LogP contribution in [0.1, 0.15) is 36.7 Å². The van der Waals surface area contributed by atoms with Gasteiger partial charge in [-0.15, -0.1) is 0 Å². The van der Waals surface area contributed by atoms with Crippen LogP contribution >= 0.6 is 0 Å². The van der Waals surface area contributed by atoms with Crippen molar-refractivity contribution in [2.24, 2.45) is 0 Å². The molecule has 1 aliphatic heterocycles. The number of nitrogens with two attached hydrogens (primary N) is 1. The predicted octanol–water partition coefficient (Wildman–Crippen LogP) is 2.56. The number of hydrogen-bond acceptors (Lipinski definition) is 3. The lowest BCUT2D eigenvalue weighted by atomic mass is 10.1. The molecule has 2 aromatic rings. The van der Waals surface area contributed by atoms with Gasteiger partial charge in [0.25, 0.3) is 0 Å². The summed E-state index contributed by atoms with van der Waals surface area (Å²) in [7, 11) is 0. The average Bonchev–Trinajstić information content (AvgIpc) is 2.92. The first kappa shape index (κ1) is 12.2. The number of nitrogens with zero attached hydrogens (tertiary/aromatic N) is 3. The Morgan fingerprint density at radius 2 is 1.84 bits per heavy atom. The molecule has 2 N–H and O–H groups in total. The molecule has 1 aromatic heterocycles. The van der Waals surface area contributed by atoms with Crippen LogP contribution in [0.15, 0.2) is 30.3 Å². The van der Waals surface area contributed by atoms with Crippen molar-refractivity contribution < 1.29 is 0 Å². The van der Waals surface area contributed by atoms with Gasteiger partial charge in [0.1, 0.15) is 5.82 Å². The number of rotatable bonds is 3. The fraction of sp³-hybridized carbons (Fsp3) is 0.400. The minimum Gasteiger partial charge on any atom is -0.384 e. The highest BCUT2D eigenvalue weighted by Gasteiger charge is 2.19. The third-order valence-corrected chi connectivity index (χ3v) is 3.60. The summed E-state index contributed by atoms with van der Waals surface area (Å²) in [5, 5.41) is 4.59. The highest BCUT2D eigenvalue weighted by molar-refractivity contribution is 5.33. The van der Waals surface area contributed by atoms with E-state index >= 15 is 0 Å². The van der Waals surface area contributed by atoms with E-state index in [0.29, 0.717) is 6.04 Å². The zero-order valence-corrected chi connectivity index (χ0v) is 11.5. The van der Waals surface area contributed by atoms with E-state index in [-0.39, 0.29) is 0 Å². The molecule has 0 aliphatic carbocycles. The van der Waals surface area contributed by atoms with Crippen molar-refractivity contribution in [3.8, 4) is 0 Å². The zero-order valence-electron chi connectivity index (χ0n) is 11.5. The lowest BCUT2D eigenvalue weighted by Gasteiger charge is -2.12. The van der Waals surface area contributed by atoms with Crippen LogP contribution in [0.2, 0.25) is 0 Å². The molecule has 19 heavy (non-hydrogen) atoms. The van der Waals surface area contributed by atoms with Crippen molar-refractivity contribution in [2.45, 2.75) is 39.5 Å². The number of benzene rings is 1. The van der Waals surface area contributed by atoms with E-state index in [0.717, 1.165) is 31.1 Å². The molecule has 0 saturated carbocycles. The first-order chi connectivity index (χ1) is 9.13. The molecule has 0 radical (unpaired) electrons. The summed E-state index contributed by atoms with van der Waals surface area (Å²) in [6.45, 7) is 7.06. The van der Waals surface area contributed by atoms with Crippen molar-refractivity contribution in [1.82, 2.24) is 14.7 Å². The van der Waals surface area contributed by atoms with Crippen LogP contribution < -0.4 is 5.73 Å². The number of anilines is 1. The highest BCUT2D eigenvalue weighted by Crippen LogP contribution is 2.24. The smallest absolute Gasteiger partial charge is 0.122 e. The Bertz CT molecular complexity index is 561. The molecule has 100 valence electrons. The summed E-state index contributed by atoms with van der Waals surface area (Å²) in [5.74, 6) is 0.752. The predicted molar refractivity (Wildman–Crippen MR) is 76.4 cm³/mol. The third-order valence-electron chi connectivity index (χ3n) is 3.60. The van der Waals surface area contributed by atoms with Gasteiger partial charge >= 0.3 is 0 Å². The van der Waals surface area contributed by atoms with Crippen LogP contribution in [0.4, 0.5) is 5.82 Å². The van der Waals surface area contributed by atoms with Crippen LogP contribution in [-0.4, -0.2) is 14.7 Å². The van der Waals surface area contributed by atoms with Crippen LogP contribution in [0, 0.1) is 0 Å². The maximum Gasteiger partial charge on any atom is 0.122 e. The average molecular weight is 256 g/mol. The molecule has 4 nitrogen and oxygen atoms in total. The molecule has 0 fully saturated rings. The first-order valence-corrected chi connectivity index (χ1v) is 6.76. The van der Waals surface area contributed by atoms with Crippen molar-refractivity contribution in [1.29, 1.82) is 0 Å². The molecule has 3 rings (SSSR count). The Hall–Kier alpha value is -1.81. The molecular formula is C15H20N4. The van der Waals surface area contributed by atoms with E-state index < -0.39 is 0 Å². The van der Waals surface area contributed by atoms with Gasteiger partial charge in [-0.05, 0) is 25.0 Å². The molecule has 1 aliphatic rings. The Balaban J connectivity index is 1.72. The largest absolute Gasteiger partial charge is 0.384 e. The Morgan fingerprint density at radius 1 is 1.21 bits per heavy atom. The molecule has 0 unspecified atom stereocenters. The summed E-state index contributed by atoms with van der Waals surface area (Å²) >= 11 is 0. The molecule has 4 heteroatoms. The monoisotopic (exact) mass is 256 g/mol. The van der Waals surface area contributed by atoms with E-state index in [2.05, 4.69) is 48.1 Å². The van der Waals surface area contributed by atoms with E-state index in [9.17, 15) is 0 Å². The number of aromatic nitrogens is 2. The molecular weight excluding hydrogens is 236 g/mol. The minimum atomic E-state index is 0.310.